The molecule has 2 nitrogen and oxygen atoms in total. The van der Waals surface area contributed by atoms with Crippen molar-refractivity contribution in [1.29, 1.82) is 0 Å². The molecule has 14 rings (SSSR count). The molecule has 0 saturated heterocycles. The van der Waals surface area contributed by atoms with Crippen molar-refractivity contribution in [2.45, 2.75) is 75.0 Å². The lowest BCUT2D eigenvalue weighted by Gasteiger charge is -2.53. The van der Waals surface area contributed by atoms with Gasteiger partial charge >= 0.3 is 0 Å². The molecule has 6 aromatic carbocycles. The van der Waals surface area contributed by atoms with Gasteiger partial charge in [0.15, 0.2) is 0 Å². The molecule has 5 unspecified atom stereocenters. The van der Waals surface area contributed by atoms with E-state index >= 15 is 0 Å². The quantitative estimate of drug-likeness (QED) is 0.183. The average Bonchev–Trinajstić information content (AvgIpc) is 3.95. The van der Waals surface area contributed by atoms with E-state index in [-0.39, 0.29) is 10.8 Å². The first-order valence-electron chi connectivity index (χ1n) is 20.9. The van der Waals surface area contributed by atoms with Gasteiger partial charge in [-0.1, -0.05) is 104 Å². The normalized spacial score (nSPS) is 26.4. The Morgan fingerprint density at radius 2 is 1.20 bits per heavy atom. The summed E-state index contributed by atoms with van der Waals surface area (Å²) in [5.41, 5.74) is 18.0. The van der Waals surface area contributed by atoms with Crippen LogP contribution in [0.3, 0.4) is 0 Å². The van der Waals surface area contributed by atoms with Crippen molar-refractivity contribution in [3.8, 4) is 22.3 Å². The predicted octanol–water partition coefficient (Wildman–Crippen LogP) is 14.0. The fourth-order valence-corrected chi connectivity index (χ4v) is 13.9. The minimum absolute atomic E-state index is 0.107. The van der Waals surface area contributed by atoms with Crippen LogP contribution in [-0.2, 0) is 10.8 Å². The molecule has 5 saturated carbocycles. The van der Waals surface area contributed by atoms with Crippen molar-refractivity contribution < 1.29 is 4.42 Å². The molecule has 7 aliphatic carbocycles. The summed E-state index contributed by atoms with van der Waals surface area (Å²) < 4.78 is 6.40. The number of rotatable bonds is 3. The van der Waals surface area contributed by atoms with Gasteiger partial charge in [-0.3, -0.25) is 0 Å². The molecule has 0 aliphatic heterocycles. The Morgan fingerprint density at radius 1 is 0.500 bits per heavy atom. The molecule has 264 valence electrons. The van der Waals surface area contributed by atoms with Gasteiger partial charge in [0.1, 0.15) is 11.2 Å². The Labute approximate surface area is 317 Å². The molecular formula is C52H45NO. The topological polar surface area (TPSA) is 16.4 Å². The summed E-state index contributed by atoms with van der Waals surface area (Å²) in [6.45, 7) is 0. The second-order valence-corrected chi connectivity index (χ2v) is 17.9. The highest BCUT2D eigenvalue weighted by Gasteiger charge is 2.60. The van der Waals surface area contributed by atoms with Crippen molar-refractivity contribution in [3.63, 3.8) is 0 Å². The Kier molecular flexibility index (Phi) is 6.04. The molecule has 1 heterocycles. The number of anilines is 3. The van der Waals surface area contributed by atoms with Crippen LogP contribution in [0.25, 0.3) is 44.2 Å². The van der Waals surface area contributed by atoms with Crippen LogP contribution in [0.2, 0.25) is 0 Å². The zero-order valence-electron chi connectivity index (χ0n) is 30.9. The summed E-state index contributed by atoms with van der Waals surface area (Å²) >= 11 is 0. The van der Waals surface area contributed by atoms with E-state index in [4.69, 9.17) is 4.42 Å². The first-order valence-corrected chi connectivity index (χ1v) is 20.9. The summed E-state index contributed by atoms with van der Waals surface area (Å²) in [6.07, 6.45) is 13.6. The van der Waals surface area contributed by atoms with E-state index in [1.54, 1.807) is 16.7 Å². The first-order chi connectivity index (χ1) is 26.7. The average molecular weight is 700 g/mol. The van der Waals surface area contributed by atoms with Crippen LogP contribution in [0.4, 0.5) is 17.1 Å². The monoisotopic (exact) mass is 699 g/mol. The summed E-state index contributed by atoms with van der Waals surface area (Å²) in [6, 6.07) is 49.2. The molecule has 0 radical (unpaired) electrons. The SMILES string of the molecule is c1ccc2c(c1)-c1cc(N(c3ccc4oc5ccccc5c4c3)c3cccc4c3-c3ccccc3C43C4CCC5CC(C4)CC3C5)ccc1C21CCCC1. The van der Waals surface area contributed by atoms with Crippen molar-refractivity contribution in [1.82, 2.24) is 0 Å². The van der Waals surface area contributed by atoms with Crippen molar-refractivity contribution in [2.75, 3.05) is 4.90 Å². The molecule has 0 amide bonds. The number of nitrogens with zero attached hydrogens (tertiary/aromatic N) is 1. The first kappa shape index (κ1) is 30.3. The van der Waals surface area contributed by atoms with E-state index in [1.165, 1.54) is 120 Å². The Bertz CT molecular complexity index is 2680. The minimum atomic E-state index is 0.107. The zero-order chi connectivity index (χ0) is 35.2. The van der Waals surface area contributed by atoms with E-state index in [0.29, 0.717) is 5.92 Å². The van der Waals surface area contributed by atoms with Crippen LogP contribution >= 0.6 is 0 Å². The lowest BCUT2D eigenvalue weighted by Crippen LogP contribution is -2.48. The maximum Gasteiger partial charge on any atom is 0.135 e. The largest absolute Gasteiger partial charge is 0.456 e. The molecule has 54 heavy (non-hydrogen) atoms. The molecule has 2 heteroatoms. The third-order valence-electron chi connectivity index (χ3n) is 15.7. The number of furan rings is 1. The molecular weight excluding hydrogens is 655 g/mol. The molecule has 7 aromatic rings. The maximum atomic E-state index is 6.40. The predicted molar refractivity (Wildman–Crippen MR) is 221 cm³/mol. The molecule has 0 N–H and O–H groups in total. The van der Waals surface area contributed by atoms with E-state index in [0.717, 1.165) is 28.9 Å². The zero-order valence-corrected chi connectivity index (χ0v) is 30.9. The second-order valence-electron chi connectivity index (χ2n) is 17.9. The van der Waals surface area contributed by atoms with Crippen LogP contribution in [0.5, 0.6) is 0 Å². The van der Waals surface area contributed by atoms with Gasteiger partial charge in [0.25, 0.3) is 0 Å². The van der Waals surface area contributed by atoms with Gasteiger partial charge in [-0.25, -0.2) is 0 Å². The van der Waals surface area contributed by atoms with Gasteiger partial charge in [0.2, 0.25) is 0 Å². The van der Waals surface area contributed by atoms with Gasteiger partial charge in [-0.2, -0.15) is 0 Å². The Hall–Kier alpha value is -5.08. The van der Waals surface area contributed by atoms with Crippen LogP contribution in [0.1, 0.15) is 86.5 Å². The fraction of sp³-hybridized carbons (Fsp3) is 0.308. The molecule has 7 aliphatic rings. The van der Waals surface area contributed by atoms with E-state index < -0.39 is 0 Å². The molecule has 4 bridgehead atoms. The Morgan fingerprint density at radius 3 is 2.13 bits per heavy atom. The molecule has 5 atom stereocenters. The lowest BCUT2D eigenvalue weighted by molar-refractivity contribution is 0.0618. The van der Waals surface area contributed by atoms with Crippen LogP contribution < -0.4 is 4.90 Å². The highest BCUT2D eigenvalue weighted by Crippen LogP contribution is 2.69. The maximum absolute atomic E-state index is 6.40. The number of fused-ring (bicyclic) bond motifs is 12. The Balaban J connectivity index is 1.08. The van der Waals surface area contributed by atoms with Gasteiger partial charge in [-0.05, 0) is 150 Å². The fourth-order valence-electron chi connectivity index (χ4n) is 13.9. The standard InChI is InChI=1S/C52H45NO/c1-4-13-43-38(10-1)41-30-36(20-22-44(41)51(43)24-7-8-25-51)53(37-21-23-49-42(31-37)39-11-3-6-17-48(39)54-49)47-16-9-15-46-50(47)40-12-2-5-14-45(40)52(46)34-19-18-32-26-33(28-34)29-35(52)27-32/h1-6,9-17,20-23,30-35H,7-8,18-19,24-29H2. The van der Waals surface area contributed by atoms with Crippen LogP contribution in [0.15, 0.2) is 132 Å². The van der Waals surface area contributed by atoms with Crippen molar-refractivity contribution >= 4 is 39.0 Å². The second kappa shape index (κ2) is 10.8. The number of benzene rings is 6. The molecule has 2 spiro atoms. The van der Waals surface area contributed by atoms with Gasteiger partial charge in [0, 0.05) is 38.5 Å². The van der Waals surface area contributed by atoms with E-state index in [1.807, 2.05) is 0 Å². The highest BCUT2D eigenvalue weighted by molar-refractivity contribution is 6.07. The highest BCUT2D eigenvalue weighted by atomic mass is 16.3. The molecule has 5 fully saturated rings. The van der Waals surface area contributed by atoms with Crippen LogP contribution in [0, 0.1) is 23.7 Å². The van der Waals surface area contributed by atoms with Crippen molar-refractivity contribution in [3.05, 3.63) is 150 Å². The van der Waals surface area contributed by atoms with Crippen LogP contribution in [-0.4, -0.2) is 0 Å². The number of hydrogen-bond acceptors (Lipinski definition) is 2. The van der Waals surface area contributed by atoms with Gasteiger partial charge < -0.3 is 9.32 Å². The smallest absolute Gasteiger partial charge is 0.135 e. The lowest BCUT2D eigenvalue weighted by atomic mass is 9.51. The third-order valence-corrected chi connectivity index (χ3v) is 15.7. The van der Waals surface area contributed by atoms with Gasteiger partial charge in [-0.15, -0.1) is 0 Å². The third kappa shape index (κ3) is 3.77. The summed E-state index contributed by atoms with van der Waals surface area (Å²) in [4.78, 5) is 2.61. The van der Waals surface area contributed by atoms with Crippen molar-refractivity contribution in [2.24, 2.45) is 23.7 Å². The summed E-state index contributed by atoms with van der Waals surface area (Å²) in [5.74, 6) is 3.26. The van der Waals surface area contributed by atoms with E-state index in [9.17, 15) is 0 Å². The minimum Gasteiger partial charge on any atom is -0.456 e. The number of hydrogen-bond donors (Lipinski definition) is 0. The van der Waals surface area contributed by atoms with E-state index in [2.05, 4.69) is 132 Å². The summed E-state index contributed by atoms with van der Waals surface area (Å²) in [5, 5.41) is 2.35. The summed E-state index contributed by atoms with van der Waals surface area (Å²) in [7, 11) is 0. The number of para-hydroxylation sites is 1. The van der Waals surface area contributed by atoms with Gasteiger partial charge in [0.05, 0.1) is 5.69 Å². The molecule has 1 aromatic heterocycles.